The number of likely N-dealkylation sites (tertiary alicyclic amines) is 1. The molecule has 1 fully saturated rings. The number of methoxy groups -OCH3 is 1. The highest BCUT2D eigenvalue weighted by Gasteiger charge is 2.17. The summed E-state index contributed by atoms with van der Waals surface area (Å²) >= 11 is 0. The first kappa shape index (κ1) is 14.8. The Labute approximate surface area is 120 Å². The first-order valence-corrected chi connectivity index (χ1v) is 7.18. The summed E-state index contributed by atoms with van der Waals surface area (Å²) in [7, 11) is 3.52. The number of carbonyl (C=O) groups is 1. The van der Waals surface area contributed by atoms with Crippen molar-refractivity contribution in [3.63, 3.8) is 0 Å². The number of aromatic nitrogens is 2. The normalized spacial score (nSPS) is 14.8. The maximum Gasteiger partial charge on any atom is 0.223 e. The van der Waals surface area contributed by atoms with Crippen LogP contribution >= 0.6 is 0 Å². The second-order valence-corrected chi connectivity index (χ2v) is 5.21. The smallest absolute Gasteiger partial charge is 0.223 e. The van der Waals surface area contributed by atoms with Crippen LogP contribution in [0.1, 0.15) is 30.5 Å². The van der Waals surface area contributed by atoms with Gasteiger partial charge in [0.25, 0.3) is 0 Å². The molecule has 0 spiro atoms. The average Bonchev–Trinajstić information content (AvgIpc) is 3.03. The lowest BCUT2D eigenvalue weighted by atomic mass is 10.2. The number of aryl methyl sites for hydroxylation is 2. The van der Waals surface area contributed by atoms with Gasteiger partial charge in [0.15, 0.2) is 0 Å². The molecule has 2 heterocycles. The Morgan fingerprint density at radius 3 is 2.75 bits per heavy atom. The van der Waals surface area contributed by atoms with Gasteiger partial charge in [0.2, 0.25) is 11.8 Å². The van der Waals surface area contributed by atoms with Crippen LogP contribution in [0.15, 0.2) is 0 Å². The van der Waals surface area contributed by atoms with Crippen molar-refractivity contribution >= 4 is 5.91 Å². The number of nitrogens with zero attached hydrogens (tertiary/aromatic N) is 3. The summed E-state index contributed by atoms with van der Waals surface area (Å²) in [6, 6.07) is 0. The summed E-state index contributed by atoms with van der Waals surface area (Å²) in [5, 5.41) is 7.64. The van der Waals surface area contributed by atoms with Crippen LogP contribution in [-0.2, 0) is 18.4 Å². The Morgan fingerprint density at radius 2 is 2.10 bits per heavy atom. The largest absolute Gasteiger partial charge is 0.481 e. The molecule has 1 aliphatic rings. The maximum atomic E-state index is 11.9. The molecule has 0 atom stereocenters. The molecule has 0 bridgehead atoms. The van der Waals surface area contributed by atoms with Crippen LogP contribution in [0.3, 0.4) is 0 Å². The summed E-state index contributed by atoms with van der Waals surface area (Å²) in [4.78, 5) is 13.9. The van der Waals surface area contributed by atoms with Crippen molar-refractivity contribution in [1.82, 2.24) is 20.0 Å². The Morgan fingerprint density at radius 1 is 1.40 bits per heavy atom. The predicted octanol–water partition coefficient (Wildman–Crippen LogP) is 0.839. The topological polar surface area (TPSA) is 59.4 Å². The van der Waals surface area contributed by atoms with E-state index in [0.29, 0.717) is 19.5 Å². The molecule has 20 heavy (non-hydrogen) atoms. The van der Waals surface area contributed by atoms with Crippen molar-refractivity contribution < 1.29 is 9.53 Å². The zero-order valence-corrected chi connectivity index (χ0v) is 12.6. The summed E-state index contributed by atoms with van der Waals surface area (Å²) in [6.45, 7) is 5.18. The van der Waals surface area contributed by atoms with Crippen molar-refractivity contribution in [3.05, 3.63) is 11.3 Å². The standard InChI is InChI=1S/C14H24N4O2/c1-11-12(14(20-3)17(2)16-11)10-15-7-6-13(19)18-8-4-5-9-18/h15H,4-10H2,1-3H3. The minimum Gasteiger partial charge on any atom is -0.481 e. The molecule has 1 N–H and O–H groups in total. The zero-order valence-electron chi connectivity index (χ0n) is 12.6. The number of nitrogens with one attached hydrogen (secondary N) is 1. The number of carbonyl (C=O) groups excluding carboxylic acids is 1. The molecule has 1 aliphatic heterocycles. The summed E-state index contributed by atoms with van der Waals surface area (Å²) < 4.78 is 7.08. The number of ether oxygens (including phenoxy) is 1. The minimum atomic E-state index is 0.255. The van der Waals surface area contributed by atoms with Gasteiger partial charge in [-0.15, -0.1) is 0 Å². The highest BCUT2D eigenvalue weighted by Crippen LogP contribution is 2.20. The van der Waals surface area contributed by atoms with E-state index in [1.165, 1.54) is 0 Å². The van der Waals surface area contributed by atoms with Crippen LogP contribution in [-0.4, -0.2) is 47.3 Å². The first-order valence-electron chi connectivity index (χ1n) is 7.18. The van der Waals surface area contributed by atoms with Gasteiger partial charge in [-0.3, -0.25) is 4.79 Å². The van der Waals surface area contributed by atoms with Crippen molar-refractivity contribution in [1.29, 1.82) is 0 Å². The van der Waals surface area contributed by atoms with E-state index in [0.717, 1.165) is 43.1 Å². The molecule has 6 heteroatoms. The van der Waals surface area contributed by atoms with Crippen LogP contribution < -0.4 is 10.1 Å². The monoisotopic (exact) mass is 280 g/mol. The highest BCUT2D eigenvalue weighted by atomic mass is 16.5. The van der Waals surface area contributed by atoms with E-state index in [4.69, 9.17) is 4.74 Å². The van der Waals surface area contributed by atoms with E-state index in [9.17, 15) is 4.79 Å². The summed E-state index contributed by atoms with van der Waals surface area (Å²) in [5.41, 5.74) is 2.02. The van der Waals surface area contributed by atoms with Crippen LogP contribution in [0.25, 0.3) is 0 Å². The third-order valence-electron chi connectivity index (χ3n) is 3.76. The minimum absolute atomic E-state index is 0.255. The van der Waals surface area contributed by atoms with Gasteiger partial charge in [0.1, 0.15) is 0 Å². The molecule has 0 aromatic carbocycles. The fourth-order valence-corrected chi connectivity index (χ4v) is 2.67. The SMILES string of the molecule is COc1c(CNCCC(=O)N2CCCC2)c(C)nn1C. The third-order valence-corrected chi connectivity index (χ3v) is 3.76. The molecule has 6 nitrogen and oxygen atoms in total. The van der Waals surface area contributed by atoms with Gasteiger partial charge in [-0.2, -0.15) is 5.10 Å². The Bertz CT molecular complexity index is 464. The van der Waals surface area contributed by atoms with Crippen molar-refractivity contribution in [3.8, 4) is 5.88 Å². The number of amides is 1. The lowest BCUT2D eigenvalue weighted by molar-refractivity contribution is -0.130. The molecule has 1 amide bonds. The molecule has 1 aromatic rings. The fraction of sp³-hybridized carbons (Fsp3) is 0.714. The predicted molar refractivity (Wildman–Crippen MR) is 76.6 cm³/mol. The van der Waals surface area contributed by atoms with E-state index in [1.54, 1.807) is 11.8 Å². The molecule has 0 aliphatic carbocycles. The number of hydrogen-bond donors (Lipinski definition) is 1. The van der Waals surface area contributed by atoms with Gasteiger partial charge in [-0.1, -0.05) is 0 Å². The van der Waals surface area contributed by atoms with Crippen molar-refractivity contribution in [2.24, 2.45) is 7.05 Å². The van der Waals surface area contributed by atoms with Crippen LogP contribution in [0.5, 0.6) is 5.88 Å². The molecule has 1 saturated heterocycles. The van der Waals surface area contributed by atoms with Crippen molar-refractivity contribution in [2.45, 2.75) is 32.7 Å². The van der Waals surface area contributed by atoms with Gasteiger partial charge in [0, 0.05) is 39.6 Å². The van der Waals surface area contributed by atoms with Gasteiger partial charge in [0.05, 0.1) is 18.4 Å². The molecule has 0 unspecified atom stereocenters. The highest BCUT2D eigenvalue weighted by molar-refractivity contribution is 5.76. The van der Waals surface area contributed by atoms with Gasteiger partial charge in [-0.05, 0) is 19.8 Å². The van der Waals surface area contributed by atoms with E-state index < -0.39 is 0 Å². The average molecular weight is 280 g/mol. The summed E-state index contributed by atoms with van der Waals surface area (Å²) in [6.07, 6.45) is 2.85. The van der Waals surface area contributed by atoms with Crippen LogP contribution in [0.2, 0.25) is 0 Å². The molecular formula is C14H24N4O2. The van der Waals surface area contributed by atoms with Crippen LogP contribution in [0, 0.1) is 6.92 Å². The number of rotatable bonds is 6. The van der Waals surface area contributed by atoms with Gasteiger partial charge in [-0.25, -0.2) is 4.68 Å². The Hall–Kier alpha value is -1.56. The molecule has 0 saturated carbocycles. The maximum absolute atomic E-state index is 11.9. The lowest BCUT2D eigenvalue weighted by Gasteiger charge is -2.15. The molecular weight excluding hydrogens is 256 g/mol. The fourth-order valence-electron chi connectivity index (χ4n) is 2.67. The summed E-state index contributed by atoms with van der Waals surface area (Å²) in [5.74, 6) is 1.03. The molecule has 1 aromatic heterocycles. The molecule has 0 radical (unpaired) electrons. The van der Waals surface area contributed by atoms with Gasteiger partial charge < -0.3 is 15.0 Å². The van der Waals surface area contributed by atoms with Gasteiger partial charge >= 0.3 is 0 Å². The van der Waals surface area contributed by atoms with E-state index >= 15 is 0 Å². The van der Waals surface area contributed by atoms with Crippen LogP contribution in [0.4, 0.5) is 0 Å². The van der Waals surface area contributed by atoms with E-state index in [-0.39, 0.29) is 5.91 Å². The lowest BCUT2D eigenvalue weighted by Crippen LogP contribution is -2.30. The Kier molecular flexibility index (Phi) is 5.00. The van der Waals surface area contributed by atoms with E-state index in [2.05, 4.69) is 10.4 Å². The zero-order chi connectivity index (χ0) is 14.5. The second-order valence-electron chi connectivity index (χ2n) is 5.21. The second kappa shape index (κ2) is 6.74. The number of hydrogen-bond acceptors (Lipinski definition) is 4. The molecule has 2 rings (SSSR count). The van der Waals surface area contributed by atoms with E-state index in [1.807, 2.05) is 18.9 Å². The third kappa shape index (κ3) is 3.30. The van der Waals surface area contributed by atoms with Crippen molar-refractivity contribution in [2.75, 3.05) is 26.7 Å². The molecule has 112 valence electrons. The first-order chi connectivity index (χ1) is 9.63. The Balaban J connectivity index is 1.77. The quantitative estimate of drug-likeness (QED) is 0.785.